The molecular formula is C15H21BrClNO2. The summed E-state index contributed by atoms with van der Waals surface area (Å²) in [6.45, 7) is 8.11. The van der Waals surface area contributed by atoms with E-state index < -0.39 is 0 Å². The van der Waals surface area contributed by atoms with Gasteiger partial charge in [-0.2, -0.15) is 0 Å². The largest absolute Gasteiger partial charge is 0.466 e. The third-order valence-corrected chi connectivity index (χ3v) is 4.19. The van der Waals surface area contributed by atoms with Crippen molar-refractivity contribution >= 4 is 33.5 Å². The maximum absolute atomic E-state index is 11.9. The van der Waals surface area contributed by atoms with E-state index in [1.165, 1.54) is 0 Å². The monoisotopic (exact) mass is 361 g/mol. The molecule has 0 bridgehead atoms. The van der Waals surface area contributed by atoms with Crippen LogP contribution in [-0.4, -0.2) is 30.6 Å². The second-order valence-corrected chi connectivity index (χ2v) is 5.70. The molecule has 0 aromatic heterocycles. The minimum absolute atomic E-state index is 0.0304. The van der Waals surface area contributed by atoms with Crippen molar-refractivity contribution in [2.45, 2.75) is 33.2 Å². The maximum Gasteiger partial charge on any atom is 0.307 e. The number of carbonyl (C=O) groups excluding carboxylic acids is 1. The van der Waals surface area contributed by atoms with Crippen LogP contribution in [-0.2, 0) is 9.53 Å². The van der Waals surface area contributed by atoms with Crippen LogP contribution in [0.4, 0.5) is 0 Å². The number of rotatable bonds is 7. The average Bonchev–Trinajstić information content (AvgIpc) is 2.42. The number of hydrogen-bond donors (Lipinski definition) is 0. The number of esters is 1. The highest BCUT2D eigenvalue weighted by Crippen LogP contribution is 2.32. The summed E-state index contributed by atoms with van der Waals surface area (Å²) in [4.78, 5) is 14.1. The smallest absolute Gasteiger partial charge is 0.307 e. The Labute approximate surface area is 134 Å². The average molecular weight is 363 g/mol. The van der Waals surface area contributed by atoms with E-state index in [9.17, 15) is 4.79 Å². The molecule has 0 fully saturated rings. The zero-order chi connectivity index (χ0) is 15.1. The highest BCUT2D eigenvalue weighted by Gasteiger charge is 2.24. The van der Waals surface area contributed by atoms with Crippen molar-refractivity contribution in [1.82, 2.24) is 4.90 Å². The predicted octanol–water partition coefficient (Wildman–Crippen LogP) is 4.44. The van der Waals surface area contributed by atoms with E-state index in [0.717, 1.165) is 23.1 Å². The Kier molecular flexibility index (Phi) is 7.56. The number of nitrogens with zero attached hydrogens (tertiary/aromatic N) is 1. The van der Waals surface area contributed by atoms with Gasteiger partial charge in [0.25, 0.3) is 0 Å². The van der Waals surface area contributed by atoms with Crippen LogP contribution in [0.15, 0.2) is 22.7 Å². The van der Waals surface area contributed by atoms with Crippen molar-refractivity contribution < 1.29 is 9.53 Å². The zero-order valence-corrected chi connectivity index (χ0v) is 14.5. The molecule has 1 unspecified atom stereocenters. The van der Waals surface area contributed by atoms with Gasteiger partial charge in [-0.25, -0.2) is 0 Å². The van der Waals surface area contributed by atoms with Crippen molar-refractivity contribution in [3.63, 3.8) is 0 Å². The molecule has 0 heterocycles. The Morgan fingerprint density at radius 2 is 2.00 bits per heavy atom. The SMILES string of the molecule is CCOC(=O)CC(c1cc(Cl)ccc1Br)N(CC)CC. The second kappa shape index (κ2) is 8.65. The first-order valence-corrected chi connectivity index (χ1v) is 8.05. The molecule has 0 spiro atoms. The maximum atomic E-state index is 11.9. The molecule has 0 aliphatic rings. The first-order chi connectivity index (χ1) is 9.53. The van der Waals surface area contributed by atoms with E-state index in [2.05, 4.69) is 34.7 Å². The summed E-state index contributed by atoms with van der Waals surface area (Å²) in [5.41, 5.74) is 1.02. The summed E-state index contributed by atoms with van der Waals surface area (Å²) in [6.07, 6.45) is 0.328. The van der Waals surface area contributed by atoms with Crippen LogP contribution in [0.2, 0.25) is 5.02 Å². The van der Waals surface area contributed by atoms with E-state index in [1.54, 1.807) is 0 Å². The fourth-order valence-electron chi connectivity index (χ4n) is 2.25. The Morgan fingerprint density at radius 3 is 2.55 bits per heavy atom. The quantitative estimate of drug-likeness (QED) is 0.672. The van der Waals surface area contributed by atoms with E-state index in [0.29, 0.717) is 18.1 Å². The minimum Gasteiger partial charge on any atom is -0.466 e. The Hall–Kier alpha value is -0.580. The summed E-state index contributed by atoms with van der Waals surface area (Å²) < 4.78 is 6.05. The standard InChI is InChI=1S/C15H21BrClNO2/c1-4-18(5-2)14(10-15(19)20-6-3)12-9-11(17)7-8-13(12)16/h7-9,14H,4-6,10H2,1-3H3. The van der Waals surface area contributed by atoms with Gasteiger partial charge in [0.1, 0.15) is 0 Å². The molecule has 0 saturated carbocycles. The van der Waals surface area contributed by atoms with Gasteiger partial charge in [-0.3, -0.25) is 9.69 Å². The fraction of sp³-hybridized carbons (Fsp3) is 0.533. The van der Waals surface area contributed by atoms with Crippen LogP contribution >= 0.6 is 27.5 Å². The lowest BCUT2D eigenvalue weighted by Crippen LogP contribution is -2.31. The van der Waals surface area contributed by atoms with Crippen molar-refractivity contribution in [2.24, 2.45) is 0 Å². The summed E-state index contributed by atoms with van der Waals surface area (Å²) in [7, 11) is 0. The molecule has 0 N–H and O–H groups in total. The molecule has 112 valence electrons. The van der Waals surface area contributed by atoms with Crippen LogP contribution in [0.5, 0.6) is 0 Å². The lowest BCUT2D eigenvalue weighted by atomic mass is 10.0. The highest BCUT2D eigenvalue weighted by atomic mass is 79.9. The number of ether oxygens (including phenoxy) is 1. The van der Waals surface area contributed by atoms with Crippen LogP contribution < -0.4 is 0 Å². The van der Waals surface area contributed by atoms with Crippen LogP contribution in [0, 0.1) is 0 Å². The fourth-order valence-corrected chi connectivity index (χ4v) is 2.94. The van der Waals surface area contributed by atoms with Crippen molar-refractivity contribution in [3.05, 3.63) is 33.3 Å². The van der Waals surface area contributed by atoms with E-state index in [4.69, 9.17) is 16.3 Å². The third kappa shape index (κ3) is 4.76. The lowest BCUT2D eigenvalue weighted by molar-refractivity contribution is -0.144. The van der Waals surface area contributed by atoms with Crippen LogP contribution in [0.1, 0.15) is 38.8 Å². The van der Waals surface area contributed by atoms with Gasteiger partial charge in [0.05, 0.1) is 13.0 Å². The molecular weight excluding hydrogens is 342 g/mol. The summed E-state index contributed by atoms with van der Waals surface area (Å²) in [5.74, 6) is -0.184. The van der Waals surface area contributed by atoms with Gasteiger partial charge < -0.3 is 4.74 Å². The number of carbonyl (C=O) groups is 1. The normalized spacial score (nSPS) is 12.5. The molecule has 0 amide bonds. The molecule has 1 aromatic carbocycles. The zero-order valence-electron chi connectivity index (χ0n) is 12.2. The van der Waals surface area contributed by atoms with Gasteiger partial charge in [-0.15, -0.1) is 0 Å². The third-order valence-electron chi connectivity index (χ3n) is 3.24. The molecule has 0 aliphatic heterocycles. The number of halogens is 2. The molecule has 1 aromatic rings. The molecule has 5 heteroatoms. The molecule has 20 heavy (non-hydrogen) atoms. The Balaban J connectivity index is 3.08. The van der Waals surface area contributed by atoms with Crippen molar-refractivity contribution in [3.8, 4) is 0 Å². The number of benzene rings is 1. The number of hydrogen-bond acceptors (Lipinski definition) is 3. The molecule has 0 radical (unpaired) electrons. The first kappa shape index (κ1) is 17.5. The van der Waals surface area contributed by atoms with E-state index in [1.807, 2.05) is 25.1 Å². The first-order valence-electron chi connectivity index (χ1n) is 6.88. The summed E-state index contributed by atoms with van der Waals surface area (Å²) >= 11 is 9.64. The van der Waals surface area contributed by atoms with Gasteiger partial charge in [0.15, 0.2) is 0 Å². The molecule has 0 saturated heterocycles. The Morgan fingerprint density at radius 1 is 1.35 bits per heavy atom. The molecule has 3 nitrogen and oxygen atoms in total. The predicted molar refractivity (Wildman–Crippen MR) is 86.1 cm³/mol. The van der Waals surface area contributed by atoms with E-state index in [-0.39, 0.29) is 12.0 Å². The van der Waals surface area contributed by atoms with Crippen molar-refractivity contribution in [1.29, 1.82) is 0 Å². The lowest BCUT2D eigenvalue weighted by Gasteiger charge is -2.30. The van der Waals surface area contributed by atoms with Gasteiger partial charge in [0, 0.05) is 15.5 Å². The highest BCUT2D eigenvalue weighted by molar-refractivity contribution is 9.10. The summed E-state index contributed by atoms with van der Waals surface area (Å²) in [6, 6.07) is 5.63. The second-order valence-electron chi connectivity index (χ2n) is 4.41. The topological polar surface area (TPSA) is 29.5 Å². The van der Waals surface area contributed by atoms with Gasteiger partial charge >= 0.3 is 5.97 Å². The molecule has 0 aliphatic carbocycles. The van der Waals surface area contributed by atoms with Gasteiger partial charge in [-0.1, -0.05) is 41.4 Å². The van der Waals surface area contributed by atoms with Gasteiger partial charge in [-0.05, 0) is 43.8 Å². The van der Waals surface area contributed by atoms with Crippen LogP contribution in [0.25, 0.3) is 0 Å². The van der Waals surface area contributed by atoms with Crippen LogP contribution in [0.3, 0.4) is 0 Å². The van der Waals surface area contributed by atoms with Crippen molar-refractivity contribution in [2.75, 3.05) is 19.7 Å². The molecule has 1 atom stereocenters. The molecule has 1 rings (SSSR count). The van der Waals surface area contributed by atoms with E-state index >= 15 is 0 Å². The Bertz CT molecular complexity index is 449. The minimum atomic E-state index is -0.184. The summed E-state index contributed by atoms with van der Waals surface area (Å²) in [5, 5.41) is 0.671. The van der Waals surface area contributed by atoms with Gasteiger partial charge in [0.2, 0.25) is 0 Å².